The fraction of sp³-hybridized carbons (Fsp3) is 0.385. The Kier molecular flexibility index (Phi) is 6.06. The van der Waals surface area contributed by atoms with Crippen molar-refractivity contribution in [3.63, 3.8) is 0 Å². The number of carbonyl (C=O) groups is 2. The van der Waals surface area contributed by atoms with E-state index < -0.39 is 16.9 Å². The quantitative estimate of drug-likeness (QED) is 0.460. The number of carbonyl (C=O) groups excluding carboxylic acids is 2. The zero-order valence-electron chi connectivity index (χ0n) is 11.9. The average Bonchev–Trinajstić information content (AvgIpc) is 2.45. The molecule has 114 valence electrons. The highest BCUT2D eigenvalue weighted by Crippen LogP contribution is 2.19. The van der Waals surface area contributed by atoms with Crippen molar-refractivity contribution in [1.29, 1.82) is 0 Å². The molecule has 0 saturated carbocycles. The van der Waals surface area contributed by atoms with Crippen molar-refractivity contribution < 1.29 is 14.5 Å². The smallest absolute Gasteiger partial charge is 0.270 e. The molecule has 0 spiro atoms. The summed E-state index contributed by atoms with van der Waals surface area (Å²) in [5.74, 6) is -0.722. The molecule has 0 saturated heterocycles. The highest BCUT2D eigenvalue weighted by molar-refractivity contribution is 14.1. The lowest BCUT2D eigenvalue weighted by Crippen LogP contribution is -2.45. The van der Waals surface area contributed by atoms with Gasteiger partial charge in [-0.1, -0.05) is 0 Å². The van der Waals surface area contributed by atoms with E-state index in [0.29, 0.717) is 10.1 Å². The fourth-order valence-corrected chi connectivity index (χ4v) is 2.20. The lowest BCUT2D eigenvalue weighted by Gasteiger charge is -2.20. The molecular weight excluding hydrogens is 389 g/mol. The number of likely N-dealkylation sites (N-methyl/N-ethyl adjacent to an activating group) is 1. The van der Waals surface area contributed by atoms with Crippen molar-refractivity contribution in [1.82, 2.24) is 10.2 Å². The van der Waals surface area contributed by atoms with Gasteiger partial charge in [-0.25, -0.2) is 0 Å². The lowest BCUT2D eigenvalue weighted by atomic mass is 10.1. The number of non-ortho nitro benzene ring substituents is 1. The molecule has 0 aliphatic carbocycles. The SMILES string of the molecule is CCN(C)C(=O)C(C)NC(=O)c1cc([N+](=O)[O-])ccc1I. The Morgan fingerprint density at radius 1 is 1.48 bits per heavy atom. The first-order chi connectivity index (χ1) is 9.77. The molecule has 7 nitrogen and oxygen atoms in total. The topological polar surface area (TPSA) is 92.6 Å². The normalized spacial score (nSPS) is 11.6. The van der Waals surface area contributed by atoms with Crippen LogP contribution in [0.15, 0.2) is 18.2 Å². The number of rotatable bonds is 5. The van der Waals surface area contributed by atoms with Gasteiger partial charge in [-0.05, 0) is 42.5 Å². The van der Waals surface area contributed by atoms with Crippen LogP contribution in [0.5, 0.6) is 0 Å². The van der Waals surface area contributed by atoms with Crippen molar-refractivity contribution >= 4 is 40.1 Å². The monoisotopic (exact) mass is 405 g/mol. The van der Waals surface area contributed by atoms with Gasteiger partial charge in [-0.2, -0.15) is 0 Å². The van der Waals surface area contributed by atoms with Crippen molar-refractivity contribution in [2.75, 3.05) is 13.6 Å². The molecule has 1 aromatic rings. The number of hydrogen-bond donors (Lipinski definition) is 1. The summed E-state index contributed by atoms with van der Waals surface area (Å²) < 4.78 is 0.583. The van der Waals surface area contributed by atoms with Crippen LogP contribution in [0.3, 0.4) is 0 Å². The molecule has 1 N–H and O–H groups in total. The Labute approximate surface area is 136 Å². The molecule has 0 aliphatic rings. The molecule has 0 bridgehead atoms. The number of halogens is 1. The van der Waals surface area contributed by atoms with E-state index in [2.05, 4.69) is 5.32 Å². The minimum absolute atomic E-state index is 0.162. The van der Waals surface area contributed by atoms with Gasteiger partial charge in [0.1, 0.15) is 6.04 Å². The molecule has 0 radical (unpaired) electrons. The molecule has 0 heterocycles. The van der Waals surface area contributed by atoms with Crippen molar-refractivity contribution in [3.05, 3.63) is 37.4 Å². The predicted molar refractivity (Wildman–Crippen MR) is 86.1 cm³/mol. The van der Waals surface area contributed by atoms with E-state index in [4.69, 9.17) is 0 Å². The third kappa shape index (κ3) is 4.38. The molecule has 8 heteroatoms. The zero-order chi connectivity index (χ0) is 16.2. The number of nitro benzene ring substituents is 1. The third-order valence-electron chi connectivity index (χ3n) is 2.97. The van der Waals surface area contributed by atoms with Gasteiger partial charge < -0.3 is 10.2 Å². The predicted octanol–water partition coefficient (Wildman–Crippen LogP) is 1.80. The van der Waals surface area contributed by atoms with E-state index in [1.54, 1.807) is 14.0 Å². The second-order valence-electron chi connectivity index (χ2n) is 4.47. The summed E-state index contributed by atoms with van der Waals surface area (Å²) in [6.45, 7) is 3.94. The van der Waals surface area contributed by atoms with Crippen molar-refractivity contribution in [3.8, 4) is 0 Å². The summed E-state index contributed by atoms with van der Waals surface area (Å²) in [4.78, 5) is 35.7. The van der Waals surface area contributed by atoms with Gasteiger partial charge in [0.2, 0.25) is 5.91 Å². The van der Waals surface area contributed by atoms with E-state index in [-0.39, 0.29) is 17.2 Å². The summed E-state index contributed by atoms with van der Waals surface area (Å²) in [7, 11) is 1.64. The highest BCUT2D eigenvalue weighted by atomic mass is 127. The maximum atomic E-state index is 12.2. The number of nitrogens with one attached hydrogen (secondary N) is 1. The van der Waals surface area contributed by atoms with Crippen LogP contribution in [0.2, 0.25) is 0 Å². The first-order valence-electron chi connectivity index (χ1n) is 6.27. The largest absolute Gasteiger partial charge is 0.344 e. The number of nitro groups is 1. The van der Waals surface area contributed by atoms with Crippen LogP contribution in [0.25, 0.3) is 0 Å². The number of hydrogen-bond acceptors (Lipinski definition) is 4. The first kappa shape index (κ1) is 17.3. The van der Waals surface area contributed by atoms with Crippen LogP contribution in [0.1, 0.15) is 24.2 Å². The van der Waals surface area contributed by atoms with Gasteiger partial charge in [-0.15, -0.1) is 0 Å². The van der Waals surface area contributed by atoms with Gasteiger partial charge in [0.15, 0.2) is 0 Å². The van der Waals surface area contributed by atoms with E-state index in [0.717, 1.165) is 0 Å². The average molecular weight is 405 g/mol. The van der Waals surface area contributed by atoms with Crippen LogP contribution in [-0.4, -0.2) is 41.3 Å². The highest BCUT2D eigenvalue weighted by Gasteiger charge is 2.21. The fourth-order valence-electron chi connectivity index (χ4n) is 1.62. The molecule has 1 unspecified atom stereocenters. The standard InChI is InChI=1S/C13H16IN3O4/c1-4-16(3)13(19)8(2)15-12(18)10-7-9(17(20)21)5-6-11(10)14/h5-8H,4H2,1-3H3,(H,15,18). The molecule has 1 atom stereocenters. The Morgan fingerprint density at radius 2 is 2.10 bits per heavy atom. The molecule has 2 amide bonds. The van der Waals surface area contributed by atoms with E-state index in [1.807, 2.05) is 29.5 Å². The molecular formula is C13H16IN3O4. The Morgan fingerprint density at radius 3 is 2.62 bits per heavy atom. The van der Waals surface area contributed by atoms with Crippen LogP contribution in [-0.2, 0) is 4.79 Å². The number of benzene rings is 1. The van der Waals surface area contributed by atoms with Crippen molar-refractivity contribution in [2.24, 2.45) is 0 Å². The summed E-state index contributed by atoms with van der Waals surface area (Å²) in [5.41, 5.74) is 0.0221. The first-order valence-corrected chi connectivity index (χ1v) is 7.35. The Balaban J connectivity index is 2.92. The molecule has 1 aromatic carbocycles. The minimum atomic E-state index is -0.697. The lowest BCUT2D eigenvalue weighted by molar-refractivity contribution is -0.384. The van der Waals surface area contributed by atoms with Gasteiger partial charge in [0.05, 0.1) is 10.5 Å². The zero-order valence-corrected chi connectivity index (χ0v) is 14.1. The number of amides is 2. The van der Waals surface area contributed by atoms with Crippen LogP contribution < -0.4 is 5.32 Å². The molecule has 0 aromatic heterocycles. The summed E-state index contributed by atoms with van der Waals surface area (Å²) in [5, 5.41) is 13.3. The third-order valence-corrected chi connectivity index (χ3v) is 3.91. The minimum Gasteiger partial charge on any atom is -0.344 e. The second kappa shape index (κ2) is 7.34. The van der Waals surface area contributed by atoms with Crippen LogP contribution >= 0.6 is 22.6 Å². The summed E-state index contributed by atoms with van der Waals surface area (Å²) in [6.07, 6.45) is 0. The second-order valence-corrected chi connectivity index (χ2v) is 5.63. The summed E-state index contributed by atoms with van der Waals surface area (Å²) in [6, 6.07) is 3.34. The maximum absolute atomic E-state index is 12.2. The van der Waals surface area contributed by atoms with E-state index in [9.17, 15) is 19.7 Å². The molecule has 0 fully saturated rings. The van der Waals surface area contributed by atoms with Gasteiger partial charge in [0.25, 0.3) is 11.6 Å². The molecule has 1 rings (SSSR count). The number of nitrogens with zero attached hydrogens (tertiary/aromatic N) is 2. The van der Waals surface area contributed by atoms with Crippen LogP contribution in [0.4, 0.5) is 5.69 Å². The maximum Gasteiger partial charge on any atom is 0.270 e. The molecule has 0 aliphatic heterocycles. The van der Waals surface area contributed by atoms with E-state index in [1.165, 1.54) is 23.1 Å². The van der Waals surface area contributed by atoms with Gasteiger partial charge in [-0.3, -0.25) is 19.7 Å². The van der Waals surface area contributed by atoms with Crippen LogP contribution in [0, 0.1) is 13.7 Å². The molecule has 21 heavy (non-hydrogen) atoms. The van der Waals surface area contributed by atoms with Crippen molar-refractivity contribution in [2.45, 2.75) is 19.9 Å². The summed E-state index contributed by atoms with van der Waals surface area (Å²) >= 11 is 1.92. The van der Waals surface area contributed by atoms with Gasteiger partial charge >= 0.3 is 0 Å². The Hall–Kier alpha value is -1.71. The van der Waals surface area contributed by atoms with E-state index >= 15 is 0 Å². The van der Waals surface area contributed by atoms with Gasteiger partial charge in [0, 0.05) is 29.3 Å². The Bertz CT molecular complexity index is 577.